The smallest absolute Gasteiger partial charge is 0.140 e. The highest BCUT2D eigenvalue weighted by Crippen LogP contribution is 2.38. The van der Waals surface area contributed by atoms with Crippen LogP contribution in [0.25, 0.3) is 0 Å². The number of hydrogen-bond donors (Lipinski definition) is 3. The Kier molecular flexibility index (Phi) is 6.90. The van der Waals surface area contributed by atoms with Gasteiger partial charge in [0.15, 0.2) is 0 Å². The zero-order valence-electron chi connectivity index (χ0n) is 19.9. The van der Waals surface area contributed by atoms with Crippen LogP contribution in [0.2, 0.25) is 0 Å². The molecule has 1 aliphatic carbocycles. The number of aromatic nitrogens is 1. The molecule has 4 rings (SSSR count). The van der Waals surface area contributed by atoms with E-state index >= 15 is 0 Å². The van der Waals surface area contributed by atoms with Gasteiger partial charge in [0.25, 0.3) is 0 Å². The lowest BCUT2D eigenvalue weighted by Gasteiger charge is -2.40. The molecule has 0 bridgehead atoms. The number of halogens is 2. The molecule has 0 fully saturated rings. The topological polar surface area (TPSA) is 84.3 Å². The maximum atomic E-state index is 13.6. The fourth-order valence-electron chi connectivity index (χ4n) is 4.75. The van der Waals surface area contributed by atoms with Gasteiger partial charge in [0.1, 0.15) is 17.4 Å². The molecule has 34 heavy (non-hydrogen) atoms. The van der Waals surface area contributed by atoms with Crippen LogP contribution in [0, 0.1) is 11.6 Å². The summed E-state index contributed by atoms with van der Waals surface area (Å²) in [7, 11) is 0. The Balaban J connectivity index is 1.55. The molecule has 2 aromatic carbocycles. The molecule has 0 saturated heterocycles. The lowest BCUT2D eigenvalue weighted by atomic mass is 9.74. The van der Waals surface area contributed by atoms with Crippen LogP contribution in [-0.2, 0) is 30.2 Å². The summed E-state index contributed by atoms with van der Waals surface area (Å²) in [5.74, 6) is -0.409. The molecule has 1 heterocycles. The Morgan fingerprint density at radius 2 is 1.91 bits per heavy atom. The standard InChI is InChI=1S/C27H33F2N3O2/c1-26(2,3)19-5-4-6-20(12-19)27(8-7-25-18(14-27)15-32-34-25)31-16-24(33)23(30)11-17-9-21(28)13-22(29)10-17/h4-6,9-10,12-13,15,23-24,31,33H,7-8,11,14,16,30H2,1-3H3. The number of hydrogen-bond acceptors (Lipinski definition) is 5. The van der Waals surface area contributed by atoms with Gasteiger partial charge in [0, 0.05) is 36.2 Å². The molecule has 3 aromatic rings. The molecular weight excluding hydrogens is 436 g/mol. The molecule has 0 amide bonds. The Hall–Kier alpha value is -2.61. The highest BCUT2D eigenvalue weighted by Gasteiger charge is 2.38. The maximum Gasteiger partial charge on any atom is 0.140 e. The van der Waals surface area contributed by atoms with E-state index in [-0.39, 0.29) is 18.4 Å². The molecule has 7 heteroatoms. The maximum absolute atomic E-state index is 13.6. The summed E-state index contributed by atoms with van der Waals surface area (Å²) in [6, 6.07) is 11.2. The summed E-state index contributed by atoms with van der Waals surface area (Å²) in [6.07, 6.45) is 3.21. The van der Waals surface area contributed by atoms with Crippen molar-refractivity contribution in [3.8, 4) is 0 Å². The van der Waals surface area contributed by atoms with E-state index in [0.29, 0.717) is 12.0 Å². The van der Waals surface area contributed by atoms with Crippen molar-refractivity contribution < 1.29 is 18.4 Å². The molecule has 3 unspecified atom stereocenters. The first-order valence-corrected chi connectivity index (χ1v) is 11.7. The number of aliphatic hydroxyl groups is 1. The van der Waals surface area contributed by atoms with Crippen LogP contribution in [0.1, 0.15) is 55.2 Å². The summed E-state index contributed by atoms with van der Waals surface area (Å²) in [6.45, 7) is 6.79. The molecule has 0 spiro atoms. The number of aliphatic hydroxyl groups excluding tert-OH is 1. The van der Waals surface area contributed by atoms with Gasteiger partial charge < -0.3 is 20.7 Å². The van der Waals surface area contributed by atoms with Gasteiger partial charge in [-0.15, -0.1) is 0 Å². The number of nitrogens with one attached hydrogen (secondary N) is 1. The molecule has 5 nitrogen and oxygen atoms in total. The monoisotopic (exact) mass is 469 g/mol. The predicted octanol–water partition coefficient (Wildman–Crippen LogP) is 4.16. The van der Waals surface area contributed by atoms with Crippen molar-refractivity contribution in [1.29, 1.82) is 0 Å². The van der Waals surface area contributed by atoms with E-state index < -0.39 is 29.3 Å². The number of nitrogens with zero attached hydrogens (tertiary/aromatic N) is 1. The van der Waals surface area contributed by atoms with Gasteiger partial charge in [-0.25, -0.2) is 8.78 Å². The first-order valence-electron chi connectivity index (χ1n) is 11.7. The zero-order valence-corrected chi connectivity index (χ0v) is 19.9. The summed E-state index contributed by atoms with van der Waals surface area (Å²) in [5.41, 5.74) is 9.64. The van der Waals surface area contributed by atoms with E-state index in [0.717, 1.165) is 35.8 Å². The normalized spacial score (nSPS) is 20.1. The van der Waals surface area contributed by atoms with Gasteiger partial charge in [-0.1, -0.05) is 50.2 Å². The molecule has 0 aliphatic heterocycles. The van der Waals surface area contributed by atoms with E-state index in [1.807, 2.05) is 0 Å². The second-order valence-electron chi connectivity index (χ2n) is 10.5. The Bertz CT molecular complexity index is 1120. The average Bonchev–Trinajstić information content (AvgIpc) is 3.24. The third-order valence-corrected chi connectivity index (χ3v) is 6.82. The second kappa shape index (κ2) is 9.56. The predicted molar refractivity (Wildman–Crippen MR) is 127 cm³/mol. The van der Waals surface area contributed by atoms with Crippen molar-refractivity contribution in [1.82, 2.24) is 10.5 Å². The Morgan fingerprint density at radius 1 is 1.18 bits per heavy atom. The molecule has 0 radical (unpaired) electrons. The van der Waals surface area contributed by atoms with Crippen molar-refractivity contribution in [2.45, 2.75) is 69.6 Å². The van der Waals surface area contributed by atoms with Crippen LogP contribution in [0.5, 0.6) is 0 Å². The van der Waals surface area contributed by atoms with E-state index in [9.17, 15) is 13.9 Å². The van der Waals surface area contributed by atoms with Crippen LogP contribution in [0.15, 0.2) is 53.2 Å². The molecule has 1 aliphatic rings. The Morgan fingerprint density at radius 3 is 2.62 bits per heavy atom. The van der Waals surface area contributed by atoms with Crippen LogP contribution in [0.4, 0.5) is 8.78 Å². The number of rotatable bonds is 7. The third-order valence-electron chi connectivity index (χ3n) is 6.82. The summed E-state index contributed by atoms with van der Waals surface area (Å²) < 4.78 is 32.5. The van der Waals surface area contributed by atoms with E-state index in [1.54, 1.807) is 6.20 Å². The zero-order chi connectivity index (χ0) is 24.5. The number of aryl methyl sites for hydroxylation is 1. The number of fused-ring (bicyclic) bond motifs is 1. The van der Waals surface area contributed by atoms with Gasteiger partial charge in [0.05, 0.1) is 12.3 Å². The van der Waals surface area contributed by atoms with Gasteiger partial charge in [-0.2, -0.15) is 0 Å². The van der Waals surface area contributed by atoms with E-state index in [1.165, 1.54) is 17.7 Å². The molecule has 4 N–H and O–H groups in total. The van der Waals surface area contributed by atoms with Crippen LogP contribution < -0.4 is 11.1 Å². The fourth-order valence-corrected chi connectivity index (χ4v) is 4.75. The van der Waals surface area contributed by atoms with Gasteiger partial charge in [0.2, 0.25) is 0 Å². The molecule has 182 valence electrons. The molecule has 3 atom stereocenters. The van der Waals surface area contributed by atoms with Crippen molar-refractivity contribution in [3.63, 3.8) is 0 Å². The molecule has 0 saturated carbocycles. The van der Waals surface area contributed by atoms with E-state index in [4.69, 9.17) is 10.3 Å². The first-order chi connectivity index (χ1) is 16.1. The summed E-state index contributed by atoms with van der Waals surface area (Å²) in [5, 5.41) is 18.4. The lowest BCUT2D eigenvalue weighted by Crippen LogP contribution is -2.52. The Labute approximate surface area is 199 Å². The van der Waals surface area contributed by atoms with Gasteiger partial charge in [-0.3, -0.25) is 0 Å². The summed E-state index contributed by atoms with van der Waals surface area (Å²) in [4.78, 5) is 0. The minimum absolute atomic E-state index is 0.00365. The van der Waals surface area contributed by atoms with Gasteiger partial charge in [-0.05, 0) is 53.5 Å². The number of benzene rings is 2. The number of nitrogens with two attached hydrogens (primary N) is 1. The SMILES string of the molecule is CC(C)(C)c1cccc(C2(NCC(O)C(N)Cc3cc(F)cc(F)c3)CCc3oncc3C2)c1. The van der Waals surface area contributed by atoms with Crippen LogP contribution in [0.3, 0.4) is 0 Å². The molecule has 1 aromatic heterocycles. The van der Waals surface area contributed by atoms with Crippen molar-refractivity contribution >= 4 is 0 Å². The van der Waals surface area contributed by atoms with Crippen molar-refractivity contribution in [2.24, 2.45) is 5.73 Å². The van der Waals surface area contributed by atoms with Crippen LogP contribution in [-0.4, -0.2) is 29.0 Å². The highest BCUT2D eigenvalue weighted by atomic mass is 19.1. The summed E-state index contributed by atoms with van der Waals surface area (Å²) >= 11 is 0. The van der Waals surface area contributed by atoms with Crippen LogP contribution >= 0.6 is 0 Å². The molecular formula is C27H33F2N3O2. The quantitative estimate of drug-likeness (QED) is 0.484. The lowest BCUT2D eigenvalue weighted by molar-refractivity contribution is 0.122. The largest absolute Gasteiger partial charge is 0.390 e. The minimum Gasteiger partial charge on any atom is -0.390 e. The second-order valence-corrected chi connectivity index (χ2v) is 10.5. The van der Waals surface area contributed by atoms with Gasteiger partial charge >= 0.3 is 0 Å². The minimum atomic E-state index is -0.905. The van der Waals surface area contributed by atoms with Crippen molar-refractivity contribution in [3.05, 3.63) is 88.3 Å². The first kappa shape index (κ1) is 24.5. The average molecular weight is 470 g/mol. The fraction of sp³-hybridized carbons (Fsp3) is 0.444. The third kappa shape index (κ3) is 5.37. The highest BCUT2D eigenvalue weighted by molar-refractivity contribution is 5.37. The van der Waals surface area contributed by atoms with Crippen molar-refractivity contribution in [2.75, 3.05) is 6.54 Å². The van der Waals surface area contributed by atoms with E-state index in [2.05, 4.69) is 55.5 Å².